The molecule has 1 saturated heterocycles. The standard InChI is InChI=1S/C23H29F2NO5/c1-22(4-5-22)31-21(29)26-8-6-23(7-9-26)13-15(14-23)3-2-10-30-16-11-17(24)19(20(27)28)18(25)12-16/h11-12,15H,2-10,13-14H2,1H3,(H,27,28). The highest BCUT2D eigenvalue weighted by Crippen LogP contribution is 2.54. The lowest BCUT2D eigenvalue weighted by molar-refractivity contribution is -0.0231. The van der Waals surface area contributed by atoms with Crippen LogP contribution in [-0.4, -0.2) is 47.4 Å². The number of aromatic carboxylic acids is 1. The predicted octanol–water partition coefficient (Wildman–Crippen LogP) is 5.00. The van der Waals surface area contributed by atoms with E-state index in [1.807, 2.05) is 11.8 Å². The Bertz CT molecular complexity index is 831. The molecular weight excluding hydrogens is 408 g/mol. The van der Waals surface area contributed by atoms with E-state index in [4.69, 9.17) is 14.6 Å². The van der Waals surface area contributed by atoms with Crippen molar-refractivity contribution in [1.29, 1.82) is 0 Å². The number of hydrogen-bond acceptors (Lipinski definition) is 4. The van der Waals surface area contributed by atoms with Crippen LogP contribution >= 0.6 is 0 Å². The number of carbonyl (C=O) groups is 2. The summed E-state index contributed by atoms with van der Waals surface area (Å²) in [5.74, 6) is -3.30. The molecule has 0 atom stereocenters. The van der Waals surface area contributed by atoms with Crippen LogP contribution in [-0.2, 0) is 4.74 Å². The molecule has 1 spiro atoms. The highest BCUT2D eigenvalue weighted by molar-refractivity contribution is 5.88. The van der Waals surface area contributed by atoms with Gasteiger partial charge in [-0.2, -0.15) is 0 Å². The number of benzene rings is 1. The van der Waals surface area contributed by atoms with Gasteiger partial charge in [-0.3, -0.25) is 0 Å². The van der Waals surface area contributed by atoms with E-state index in [9.17, 15) is 18.4 Å². The van der Waals surface area contributed by atoms with Crippen LogP contribution in [0.4, 0.5) is 13.6 Å². The molecule has 2 aliphatic carbocycles. The molecule has 4 rings (SSSR count). The molecule has 1 N–H and O–H groups in total. The zero-order valence-electron chi connectivity index (χ0n) is 17.8. The number of amides is 1. The minimum Gasteiger partial charge on any atom is -0.493 e. The van der Waals surface area contributed by atoms with Crippen LogP contribution in [0.1, 0.15) is 68.6 Å². The largest absolute Gasteiger partial charge is 0.493 e. The molecule has 170 valence electrons. The second-order valence-corrected chi connectivity index (χ2v) is 9.64. The van der Waals surface area contributed by atoms with Crippen LogP contribution in [0.2, 0.25) is 0 Å². The molecule has 3 aliphatic rings. The topological polar surface area (TPSA) is 76.1 Å². The normalized spacial score (nSPS) is 21.5. The van der Waals surface area contributed by atoms with Crippen molar-refractivity contribution in [2.24, 2.45) is 11.3 Å². The Morgan fingerprint density at radius 3 is 2.29 bits per heavy atom. The molecule has 31 heavy (non-hydrogen) atoms. The maximum absolute atomic E-state index is 13.7. The minimum absolute atomic E-state index is 0.00407. The highest BCUT2D eigenvalue weighted by atomic mass is 19.1. The van der Waals surface area contributed by atoms with Gasteiger partial charge in [0, 0.05) is 25.2 Å². The fraction of sp³-hybridized carbons (Fsp3) is 0.652. The molecule has 1 amide bonds. The van der Waals surface area contributed by atoms with E-state index < -0.39 is 23.2 Å². The van der Waals surface area contributed by atoms with Crippen LogP contribution in [0.15, 0.2) is 12.1 Å². The van der Waals surface area contributed by atoms with Crippen LogP contribution in [0.3, 0.4) is 0 Å². The molecule has 0 radical (unpaired) electrons. The van der Waals surface area contributed by atoms with Crippen molar-refractivity contribution in [1.82, 2.24) is 4.90 Å². The van der Waals surface area contributed by atoms with Crippen molar-refractivity contribution in [3.05, 3.63) is 29.3 Å². The molecule has 3 fully saturated rings. The van der Waals surface area contributed by atoms with Gasteiger partial charge in [-0.05, 0) is 69.6 Å². The first-order chi connectivity index (χ1) is 14.7. The van der Waals surface area contributed by atoms with E-state index in [0.29, 0.717) is 17.9 Å². The van der Waals surface area contributed by atoms with Crippen molar-refractivity contribution in [3.8, 4) is 5.75 Å². The second-order valence-electron chi connectivity index (χ2n) is 9.64. The van der Waals surface area contributed by atoms with Gasteiger partial charge in [-0.25, -0.2) is 18.4 Å². The van der Waals surface area contributed by atoms with Gasteiger partial charge >= 0.3 is 12.1 Å². The third-order valence-corrected chi connectivity index (χ3v) is 7.07. The zero-order valence-corrected chi connectivity index (χ0v) is 17.8. The number of rotatable bonds is 7. The Hall–Kier alpha value is -2.38. The molecule has 0 unspecified atom stereocenters. The number of piperidine rings is 1. The van der Waals surface area contributed by atoms with Crippen molar-refractivity contribution < 1.29 is 33.0 Å². The fourth-order valence-corrected chi connectivity index (χ4v) is 4.89. The molecular formula is C23H29F2NO5. The maximum Gasteiger partial charge on any atom is 0.410 e. The summed E-state index contributed by atoms with van der Waals surface area (Å²) in [6, 6.07) is 1.82. The summed E-state index contributed by atoms with van der Waals surface area (Å²) >= 11 is 0. The van der Waals surface area contributed by atoms with Gasteiger partial charge < -0.3 is 19.5 Å². The number of carboxylic acid groups (broad SMARTS) is 1. The van der Waals surface area contributed by atoms with Gasteiger partial charge in [0.25, 0.3) is 0 Å². The van der Waals surface area contributed by atoms with Gasteiger partial charge in [0.05, 0.1) is 6.61 Å². The molecule has 1 aliphatic heterocycles. The maximum atomic E-state index is 13.7. The number of carboxylic acids is 1. The fourth-order valence-electron chi connectivity index (χ4n) is 4.89. The Balaban J connectivity index is 1.14. The Morgan fingerprint density at radius 1 is 1.13 bits per heavy atom. The van der Waals surface area contributed by atoms with Crippen molar-refractivity contribution in [2.45, 2.75) is 63.9 Å². The summed E-state index contributed by atoms with van der Waals surface area (Å²) in [4.78, 5) is 24.9. The zero-order chi connectivity index (χ0) is 22.2. The third-order valence-electron chi connectivity index (χ3n) is 7.07. The number of carbonyl (C=O) groups excluding carboxylic acids is 1. The first kappa shape index (κ1) is 21.8. The van der Waals surface area contributed by atoms with E-state index in [1.165, 1.54) is 0 Å². The minimum atomic E-state index is -1.64. The molecule has 1 aromatic rings. The van der Waals surface area contributed by atoms with Gasteiger partial charge in [0.15, 0.2) is 0 Å². The third kappa shape index (κ3) is 4.93. The van der Waals surface area contributed by atoms with Gasteiger partial charge in [0.1, 0.15) is 28.5 Å². The van der Waals surface area contributed by atoms with Crippen LogP contribution < -0.4 is 4.74 Å². The lowest BCUT2D eigenvalue weighted by Gasteiger charge is -2.52. The van der Waals surface area contributed by atoms with E-state index in [2.05, 4.69) is 0 Å². The molecule has 0 bridgehead atoms. The van der Waals surface area contributed by atoms with Crippen molar-refractivity contribution >= 4 is 12.1 Å². The van der Waals surface area contributed by atoms with Crippen LogP contribution in [0.25, 0.3) is 0 Å². The number of likely N-dealkylation sites (tertiary alicyclic amines) is 1. The lowest BCUT2D eigenvalue weighted by Crippen LogP contribution is -2.49. The highest BCUT2D eigenvalue weighted by Gasteiger charge is 2.47. The van der Waals surface area contributed by atoms with E-state index in [-0.39, 0.29) is 17.4 Å². The predicted molar refractivity (Wildman–Crippen MR) is 108 cm³/mol. The summed E-state index contributed by atoms with van der Waals surface area (Å²) in [7, 11) is 0. The number of nitrogens with zero attached hydrogens (tertiary/aromatic N) is 1. The van der Waals surface area contributed by atoms with Gasteiger partial charge in [-0.15, -0.1) is 0 Å². The summed E-state index contributed by atoms with van der Waals surface area (Å²) < 4.78 is 38.4. The molecule has 6 nitrogen and oxygen atoms in total. The number of ether oxygens (including phenoxy) is 2. The lowest BCUT2D eigenvalue weighted by atomic mass is 9.56. The van der Waals surface area contributed by atoms with Gasteiger partial charge in [-0.1, -0.05) is 0 Å². The first-order valence-electron chi connectivity index (χ1n) is 11.0. The smallest absolute Gasteiger partial charge is 0.410 e. The molecule has 2 saturated carbocycles. The SMILES string of the molecule is CC1(OC(=O)N2CCC3(CC2)CC(CCCOc2cc(F)c(C(=O)O)c(F)c2)C3)CC1. The Labute approximate surface area is 180 Å². The molecule has 0 aromatic heterocycles. The summed E-state index contributed by atoms with van der Waals surface area (Å²) in [6.45, 7) is 3.82. The monoisotopic (exact) mass is 437 g/mol. The second kappa shape index (κ2) is 8.28. The number of hydrogen-bond donors (Lipinski definition) is 1. The van der Waals surface area contributed by atoms with Crippen LogP contribution in [0.5, 0.6) is 5.75 Å². The molecule has 1 aromatic carbocycles. The van der Waals surface area contributed by atoms with Crippen molar-refractivity contribution in [2.75, 3.05) is 19.7 Å². The van der Waals surface area contributed by atoms with E-state index in [0.717, 1.165) is 76.6 Å². The van der Waals surface area contributed by atoms with Crippen LogP contribution in [0, 0.1) is 23.0 Å². The summed E-state index contributed by atoms with van der Waals surface area (Å²) in [6.07, 6.45) is 7.80. The van der Waals surface area contributed by atoms with E-state index >= 15 is 0 Å². The molecule has 8 heteroatoms. The Kier molecular flexibility index (Phi) is 5.83. The Morgan fingerprint density at radius 2 is 1.74 bits per heavy atom. The van der Waals surface area contributed by atoms with E-state index in [1.54, 1.807) is 0 Å². The molecule has 1 heterocycles. The van der Waals surface area contributed by atoms with Crippen molar-refractivity contribution in [3.63, 3.8) is 0 Å². The first-order valence-corrected chi connectivity index (χ1v) is 11.0. The average molecular weight is 437 g/mol. The number of halogens is 2. The average Bonchev–Trinajstić information content (AvgIpc) is 3.39. The summed E-state index contributed by atoms with van der Waals surface area (Å²) in [5.41, 5.74) is -0.857. The summed E-state index contributed by atoms with van der Waals surface area (Å²) in [5, 5.41) is 8.79. The quantitative estimate of drug-likeness (QED) is 0.608. The van der Waals surface area contributed by atoms with Gasteiger partial charge in [0.2, 0.25) is 0 Å².